The maximum absolute atomic E-state index is 11.8. The summed E-state index contributed by atoms with van der Waals surface area (Å²) in [4.78, 5) is 13.4. The van der Waals surface area contributed by atoms with Gasteiger partial charge >= 0.3 is 6.03 Å². The van der Waals surface area contributed by atoms with Gasteiger partial charge in [0.15, 0.2) is 11.5 Å². The van der Waals surface area contributed by atoms with Gasteiger partial charge in [-0.15, -0.1) is 0 Å². The summed E-state index contributed by atoms with van der Waals surface area (Å²) in [5.74, 6) is 1.28. The summed E-state index contributed by atoms with van der Waals surface area (Å²) in [6, 6.07) is 5.32. The number of rotatable bonds is 4. The molecule has 1 aliphatic rings. The van der Waals surface area contributed by atoms with Gasteiger partial charge in [0.05, 0.1) is 32.9 Å². The number of nitrogens with one attached hydrogen (secondary N) is 1. The number of methoxy groups -OCH3 is 2. The lowest BCUT2D eigenvalue weighted by Crippen LogP contribution is -2.63. The highest BCUT2D eigenvalue weighted by Crippen LogP contribution is 2.27. The first-order valence-electron chi connectivity index (χ1n) is 6.41. The molecule has 1 aromatic carbocycles. The SMILES string of the molecule is COc1ccc(CNC(=O)N2CC(C)(O)C2)cc1OC. The standard InChI is InChI=1S/C14H20N2O4/c1-14(18)8-16(9-14)13(17)15-7-10-4-5-11(19-2)12(6-10)20-3/h4-6,18H,7-9H2,1-3H3,(H,15,17). The normalized spacial score (nSPS) is 16.3. The molecule has 20 heavy (non-hydrogen) atoms. The number of hydrogen-bond donors (Lipinski definition) is 2. The molecule has 6 heteroatoms. The first kappa shape index (κ1) is 14.5. The van der Waals surface area contributed by atoms with Crippen LogP contribution in [0.5, 0.6) is 11.5 Å². The van der Waals surface area contributed by atoms with Crippen LogP contribution in [-0.4, -0.2) is 48.9 Å². The van der Waals surface area contributed by atoms with Gasteiger partial charge in [0.25, 0.3) is 0 Å². The van der Waals surface area contributed by atoms with Crippen molar-refractivity contribution in [2.75, 3.05) is 27.3 Å². The van der Waals surface area contributed by atoms with E-state index in [9.17, 15) is 9.90 Å². The molecular weight excluding hydrogens is 260 g/mol. The third-order valence-electron chi connectivity index (χ3n) is 3.24. The number of urea groups is 1. The minimum absolute atomic E-state index is 0.175. The molecule has 2 rings (SSSR count). The summed E-state index contributed by atoms with van der Waals surface area (Å²) >= 11 is 0. The molecule has 2 amide bonds. The molecule has 1 saturated heterocycles. The van der Waals surface area contributed by atoms with Crippen LogP contribution >= 0.6 is 0 Å². The fraction of sp³-hybridized carbons (Fsp3) is 0.500. The van der Waals surface area contributed by atoms with Gasteiger partial charge in [0, 0.05) is 6.54 Å². The minimum atomic E-state index is -0.749. The van der Waals surface area contributed by atoms with E-state index in [1.807, 2.05) is 12.1 Å². The van der Waals surface area contributed by atoms with Crippen molar-refractivity contribution < 1.29 is 19.4 Å². The Kier molecular flexibility index (Phi) is 4.04. The van der Waals surface area contributed by atoms with Gasteiger partial charge in [-0.2, -0.15) is 0 Å². The average molecular weight is 280 g/mol. The number of aliphatic hydroxyl groups is 1. The van der Waals surface area contributed by atoms with E-state index in [-0.39, 0.29) is 6.03 Å². The van der Waals surface area contributed by atoms with Crippen LogP contribution in [-0.2, 0) is 6.54 Å². The van der Waals surface area contributed by atoms with Gasteiger partial charge < -0.3 is 24.8 Å². The largest absolute Gasteiger partial charge is 0.493 e. The highest BCUT2D eigenvalue weighted by atomic mass is 16.5. The van der Waals surface area contributed by atoms with Crippen molar-refractivity contribution in [3.63, 3.8) is 0 Å². The first-order valence-corrected chi connectivity index (χ1v) is 6.41. The van der Waals surface area contributed by atoms with Crippen molar-refractivity contribution in [3.05, 3.63) is 23.8 Å². The van der Waals surface area contributed by atoms with E-state index >= 15 is 0 Å². The van der Waals surface area contributed by atoms with Crippen LogP contribution < -0.4 is 14.8 Å². The van der Waals surface area contributed by atoms with Gasteiger partial charge in [0.1, 0.15) is 0 Å². The number of carbonyl (C=O) groups excluding carboxylic acids is 1. The molecule has 0 radical (unpaired) electrons. The number of benzene rings is 1. The summed E-state index contributed by atoms with van der Waals surface area (Å²) in [5.41, 5.74) is 0.170. The molecule has 0 aliphatic carbocycles. The Morgan fingerprint density at radius 2 is 2.00 bits per heavy atom. The van der Waals surface area contributed by atoms with E-state index in [2.05, 4.69) is 5.32 Å². The maximum atomic E-state index is 11.8. The fourth-order valence-electron chi connectivity index (χ4n) is 2.20. The van der Waals surface area contributed by atoms with Crippen molar-refractivity contribution in [2.24, 2.45) is 0 Å². The van der Waals surface area contributed by atoms with E-state index in [1.54, 1.807) is 32.1 Å². The Bertz CT molecular complexity index is 494. The molecule has 0 aromatic heterocycles. The molecule has 0 bridgehead atoms. The molecule has 1 heterocycles. The second-order valence-corrected chi connectivity index (χ2v) is 5.20. The number of β-amino-alcohol motifs (C(OH)–C–C–N with tert-alkyl or cyclic N) is 1. The molecular formula is C14H20N2O4. The predicted octanol–water partition coefficient (Wildman–Crippen LogP) is 0.980. The summed E-state index contributed by atoms with van der Waals surface area (Å²) in [6.07, 6.45) is 0. The smallest absolute Gasteiger partial charge is 0.317 e. The highest BCUT2D eigenvalue weighted by molar-refractivity contribution is 5.75. The zero-order chi connectivity index (χ0) is 14.8. The molecule has 110 valence electrons. The van der Waals surface area contributed by atoms with Crippen molar-refractivity contribution in [1.82, 2.24) is 10.2 Å². The second kappa shape index (κ2) is 5.58. The highest BCUT2D eigenvalue weighted by Gasteiger charge is 2.39. The van der Waals surface area contributed by atoms with E-state index in [1.165, 1.54) is 0 Å². The van der Waals surface area contributed by atoms with Crippen LogP contribution in [0, 0.1) is 0 Å². The van der Waals surface area contributed by atoms with Crippen LogP contribution in [0.2, 0.25) is 0 Å². The van der Waals surface area contributed by atoms with Gasteiger partial charge in [0.2, 0.25) is 0 Å². The Morgan fingerprint density at radius 1 is 1.35 bits per heavy atom. The second-order valence-electron chi connectivity index (χ2n) is 5.20. The molecule has 2 N–H and O–H groups in total. The summed E-state index contributed by atoms with van der Waals surface area (Å²) in [7, 11) is 3.15. The summed E-state index contributed by atoms with van der Waals surface area (Å²) in [6.45, 7) is 2.85. The van der Waals surface area contributed by atoms with Gasteiger partial charge in [-0.25, -0.2) is 4.79 Å². The average Bonchev–Trinajstić information content (AvgIpc) is 2.41. The Balaban J connectivity index is 1.89. The van der Waals surface area contributed by atoms with Crippen molar-refractivity contribution in [3.8, 4) is 11.5 Å². The van der Waals surface area contributed by atoms with Crippen LogP contribution in [0.1, 0.15) is 12.5 Å². The topological polar surface area (TPSA) is 71.0 Å². The van der Waals surface area contributed by atoms with Gasteiger partial charge in [-0.1, -0.05) is 6.07 Å². The van der Waals surface area contributed by atoms with Gasteiger partial charge in [-0.3, -0.25) is 0 Å². The van der Waals surface area contributed by atoms with Crippen LogP contribution in [0.3, 0.4) is 0 Å². The molecule has 1 fully saturated rings. The molecule has 0 saturated carbocycles. The van der Waals surface area contributed by atoms with Crippen molar-refractivity contribution >= 4 is 6.03 Å². The molecule has 0 spiro atoms. The Labute approximate surface area is 118 Å². The predicted molar refractivity (Wildman–Crippen MR) is 74.0 cm³/mol. The third kappa shape index (κ3) is 3.14. The number of amides is 2. The van der Waals surface area contributed by atoms with E-state index in [0.717, 1.165) is 5.56 Å². The van der Waals surface area contributed by atoms with E-state index in [4.69, 9.17) is 9.47 Å². The zero-order valence-corrected chi connectivity index (χ0v) is 12.0. The summed E-state index contributed by atoms with van der Waals surface area (Å²) < 4.78 is 10.4. The molecule has 1 aromatic rings. The van der Waals surface area contributed by atoms with E-state index < -0.39 is 5.60 Å². The Hall–Kier alpha value is -1.95. The lowest BCUT2D eigenvalue weighted by atomic mass is 9.98. The minimum Gasteiger partial charge on any atom is -0.493 e. The third-order valence-corrected chi connectivity index (χ3v) is 3.24. The Morgan fingerprint density at radius 3 is 2.55 bits per heavy atom. The lowest BCUT2D eigenvalue weighted by molar-refractivity contribution is -0.0607. The number of likely N-dealkylation sites (tertiary alicyclic amines) is 1. The van der Waals surface area contributed by atoms with Crippen molar-refractivity contribution in [1.29, 1.82) is 0 Å². The van der Waals surface area contributed by atoms with Crippen LogP contribution in [0.15, 0.2) is 18.2 Å². The monoisotopic (exact) mass is 280 g/mol. The van der Waals surface area contributed by atoms with Crippen LogP contribution in [0.4, 0.5) is 4.79 Å². The van der Waals surface area contributed by atoms with Crippen LogP contribution in [0.25, 0.3) is 0 Å². The first-order chi connectivity index (χ1) is 9.45. The van der Waals surface area contributed by atoms with Gasteiger partial charge in [-0.05, 0) is 24.6 Å². The maximum Gasteiger partial charge on any atom is 0.317 e. The fourth-order valence-corrected chi connectivity index (χ4v) is 2.20. The number of nitrogens with zero attached hydrogens (tertiary/aromatic N) is 1. The number of ether oxygens (including phenoxy) is 2. The van der Waals surface area contributed by atoms with E-state index in [0.29, 0.717) is 31.1 Å². The molecule has 0 unspecified atom stereocenters. The summed E-state index contributed by atoms with van der Waals surface area (Å²) in [5, 5.41) is 12.4. The van der Waals surface area contributed by atoms with Crippen molar-refractivity contribution in [2.45, 2.75) is 19.1 Å². The molecule has 0 atom stereocenters. The zero-order valence-electron chi connectivity index (χ0n) is 12.0. The molecule has 1 aliphatic heterocycles. The number of carbonyl (C=O) groups is 1. The quantitative estimate of drug-likeness (QED) is 0.862. The molecule has 6 nitrogen and oxygen atoms in total. The lowest BCUT2D eigenvalue weighted by Gasteiger charge is -2.43. The number of hydrogen-bond acceptors (Lipinski definition) is 4.